The lowest BCUT2D eigenvalue weighted by molar-refractivity contribution is 0.137. The van der Waals surface area contributed by atoms with Crippen molar-refractivity contribution in [2.24, 2.45) is 0 Å². The minimum atomic E-state index is -0.511. The molecule has 0 spiro atoms. The number of aliphatic hydroxyl groups excluding tert-OH is 1. The molecule has 0 heterocycles. The molecule has 5 heteroatoms. The van der Waals surface area contributed by atoms with Gasteiger partial charge < -0.3 is 20.6 Å². The number of alkyl carbamates (subject to hydrolysis) is 1. The molecule has 0 unspecified atom stereocenters. The van der Waals surface area contributed by atoms with Gasteiger partial charge in [0.05, 0.1) is 6.61 Å². The number of ether oxygens (including phenoxy) is 1. The van der Waals surface area contributed by atoms with E-state index in [0.717, 1.165) is 5.56 Å². The number of hydrogen-bond donors (Lipinski definition) is 2. The molecule has 1 rings (SSSR count). The zero-order valence-corrected chi connectivity index (χ0v) is 8.27. The Bertz CT molecular complexity index is 276. The molecular weight excluding hydrogens is 198 g/mol. The van der Waals surface area contributed by atoms with Gasteiger partial charge in [-0.15, -0.1) is 0 Å². The summed E-state index contributed by atoms with van der Waals surface area (Å²) < 4.78 is 4.87. The Kier molecular flexibility index (Phi) is 6.96. The molecule has 1 aromatic rings. The Labute approximate surface area is 88.0 Å². The fraction of sp³-hybridized carbons (Fsp3) is 0.300. The van der Waals surface area contributed by atoms with Crippen LogP contribution >= 0.6 is 0 Å². The average Bonchev–Trinajstić information content (AvgIpc) is 2.25. The molecular formula is C10H15NO4. The van der Waals surface area contributed by atoms with Crippen LogP contribution in [0.25, 0.3) is 0 Å². The van der Waals surface area contributed by atoms with Crippen molar-refractivity contribution >= 4 is 6.09 Å². The number of carbonyl (C=O) groups excluding carboxylic acids is 1. The predicted molar refractivity (Wildman–Crippen MR) is 55.3 cm³/mol. The summed E-state index contributed by atoms with van der Waals surface area (Å²) in [5.74, 6) is 0. The van der Waals surface area contributed by atoms with Crippen molar-refractivity contribution in [3.63, 3.8) is 0 Å². The van der Waals surface area contributed by atoms with Crippen molar-refractivity contribution < 1.29 is 20.1 Å². The fourth-order valence-electron chi connectivity index (χ4n) is 0.932. The van der Waals surface area contributed by atoms with Gasteiger partial charge in [0, 0.05) is 6.54 Å². The number of carbonyl (C=O) groups is 1. The molecule has 0 fully saturated rings. The quantitative estimate of drug-likeness (QED) is 0.742. The highest BCUT2D eigenvalue weighted by molar-refractivity contribution is 5.67. The summed E-state index contributed by atoms with van der Waals surface area (Å²) in [6.45, 7) is 0.381. The van der Waals surface area contributed by atoms with Crippen molar-refractivity contribution in [2.75, 3.05) is 13.2 Å². The van der Waals surface area contributed by atoms with Crippen LogP contribution in [-0.4, -0.2) is 29.8 Å². The lowest BCUT2D eigenvalue weighted by Crippen LogP contribution is -2.26. The first-order chi connectivity index (χ1) is 6.83. The highest BCUT2D eigenvalue weighted by Crippen LogP contribution is 2.00. The van der Waals surface area contributed by atoms with E-state index < -0.39 is 6.09 Å². The van der Waals surface area contributed by atoms with Crippen LogP contribution in [0.2, 0.25) is 0 Å². The third-order valence-electron chi connectivity index (χ3n) is 1.59. The smallest absolute Gasteiger partial charge is 0.407 e. The van der Waals surface area contributed by atoms with Crippen LogP contribution in [0.3, 0.4) is 0 Å². The summed E-state index contributed by atoms with van der Waals surface area (Å²) in [5, 5.41) is 10.8. The normalized spacial score (nSPS) is 8.87. The largest absolute Gasteiger partial charge is 0.445 e. The predicted octanol–water partition coefficient (Wildman–Crippen LogP) is 0.0804. The summed E-state index contributed by atoms with van der Waals surface area (Å²) in [4.78, 5) is 10.9. The molecule has 1 amide bonds. The van der Waals surface area contributed by atoms with Gasteiger partial charge >= 0.3 is 6.09 Å². The van der Waals surface area contributed by atoms with E-state index in [4.69, 9.17) is 9.84 Å². The number of nitrogens with one attached hydrogen (secondary N) is 1. The Hall–Kier alpha value is -1.59. The number of aliphatic hydroxyl groups is 1. The van der Waals surface area contributed by atoms with Crippen LogP contribution in [-0.2, 0) is 11.3 Å². The van der Waals surface area contributed by atoms with Crippen LogP contribution in [0.1, 0.15) is 5.56 Å². The van der Waals surface area contributed by atoms with Crippen LogP contribution in [0.4, 0.5) is 4.79 Å². The number of rotatable bonds is 4. The van der Waals surface area contributed by atoms with E-state index in [9.17, 15) is 4.79 Å². The second-order valence-corrected chi connectivity index (χ2v) is 2.71. The summed E-state index contributed by atoms with van der Waals surface area (Å²) in [5.41, 5.74) is 0.937. The fourth-order valence-corrected chi connectivity index (χ4v) is 0.932. The second-order valence-electron chi connectivity index (χ2n) is 2.71. The standard InChI is InChI=1S/C10H13NO3.H2O/c12-7-6-11-10(13)14-8-9-4-2-1-3-5-9;/h1-5,12H,6-8H2,(H,11,13);1H2. The zero-order valence-electron chi connectivity index (χ0n) is 8.27. The van der Waals surface area contributed by atoms with Crippen molar-refractivity contribution in [3.05, 3.63) is 35.9 Å². The zero-order chi connectivity index (χ0) is 10.2. The van der Waals surface area contributed by atoms with Gasteiger partial charge in [-0.25, -0.2) is 4.79 Å². The molecule has 84 valence electrons. The van der Waals surface area contributed by atoms with Crippen LogP contribution in [0, 0.1) is 0 Å². The van der Waals surface area contributed by atoms with E-state index in [-0.39, 0.29) is 25.2 Å². The Morgan fingerprint density at radius 3 is 2.60 bits per heavy atom. The van der Waals surface area contributed by atoms with E-state index in [1.165, 1.54) is 0 Å². The number of hydrogen-bond acceptors (Lipinski definition) is 3. The Balaban J connectivity index is 0.00000196. The molecule has 5 nitrogen and oxygen atoms in total. The number of benzene rings is 1. The molecule has 0 aliphatic carbocycles. The topological polar surface area (TPSA) is 90.1 Å². The van der Waals surface area contributed by atoms with Crippen molar-refractivity contribution in [1.82, 2.24) is 5.32 Å². The summed E-state index contributed by atoms with van der Waals surface area (Å²) in [6.07, 6.45) is -0.511. The molecule has 0 saturated heterocycles. The maximum Gasteiger partial charge on any atom is 0.407 e. The van der Waals surface area contributed by atoms with E-state index in [1.54, 1.807) is 0 Å². The molecule has 0 saturated carbocycles. The molecule has 0 atom stereocenters. The molecule has 0 bridgehead atoms. The van der Waals surface area contributed by atoms with Crippen molar-refractivity contribution in [3.8, 4) is 0 Å². The van der Waals surface area contributed by atoms with Crippen molar-refractivity contribution in [2.45, 2.75) is 6.61 Å². The second kappa shape index (κ2) is 7.78. The molecule has 0 radical (unpaired) electrons. The first kappa shape index (κ1) is 13.4. The average molecular weight is 213 g/mol. The van der Waals surface area contributed by atoms with Gasteiger partial charge in [0.15, 0.2) is 0 Å². The minimum absolute atomic E-state index is 0. The summed E-state index contributed by atoms with van der Waals surface area (Å²) in [6, 6.07) is 9.41. The number of amides is 1. The highest BCUT2D eigenvalue weighted by atomic mass is 16.5. The monoisotopic (exact) mass is 213 g/mol. The van der Waals surface area contributed by atoms with Crippen LogP contribution in [0.5, 0.6) is 0 Å². The summed E-state index contributed by atoms with van der Waals surface area (Å²) >= 11 is 0. The maximum absolute atomic E-state index is 10.9. The molecule has 4 N–H and O–H groups in total. The minimum Gasteiger partial charge on any atom is -0.445 e. The summed E-state index contributed by atoms with van der Waals surface area (Å²) in [7, 11) is 0. The molecule has 15 heavy (non-hydrogen) atoms. The first-order valence-corrected chi connectivity index (χ1v) is 4.38. The van der Waals surface area contributed by atoms with Gasteiger partial charge in [-0.05, 0) is 5.56 Å². The van der Waals surface area contributed by atoms with Gasteiger partial charge in [0.1, 0.15) is 6.61 Å². The maximum atomic E-state index is 10.9. The van der Waals surface area contributed by atoms with E-state index in [1.807, 2.05) is 30.3 Å². The highest BCUT2D eigenvalue weighted by Gasteiger charge is 2.00. The first-order valence-electron chi connectivity index (χ1n) is 4.38. The van der Waals surface area contributed by atoms with Gasteiger partial charge in [-0.1, -0.05) is 30.3 Å². The molecule has 0 aromatic heterocycles. The molecule has 0 aliphatic heterocycles. The molecule has 0 aliphatic rings. The van der Waals surface area contributed by atoms with Gasteiger partial charge in [-0.2, -0.15) is 0 Å². The Morgan fingerprint density at radius 2 is 2.00 bits per heavy atom. The van der Waals surface area contributed by atoms with Gasteiger partial charge in [0.25, 0.3) is 0 Å². The van der Waals surface area contributed by atoms with Crippen LogP contribution < -0.4 is 5.32 Å². The lowest BCUT2D eigenvalue weighted by atomic mass is 10.2. The molecule has 1 aromatic carbocycles. The van der Waals surface area contributed by atoms with E-state index >= 15 is 0 Å². The third kappa shape index (κ3) is 5.66. The van der Waals surface area contributed by atoms with Gasteiger partial charge in [-0.3, -0.25) is 0 Å². The van der Waals surface area contributed by atoms with E-state index in [2.05, 4.69) is 5.32 Å². The van der Waals surface area contributed by atoms with E-state index in [0.29, 0.717) is 0 Å². The third-order valence-corrected chi connectivity index (χ3v) is 1.59. The van der Waals surface area contributed by atoms with Crippen LogP contribution in [0.15, 0.2) is 30.3 Å². The van der Waals surface area contributed by atoms with Gasteiger partial charge in [0.2, 0.25) is 0 Å². The Morgan fingerprint density at radius 1 is 1.33 bits per heavy atom. The SMILES string of the molecule is O.O=C(NCCO)OCc1ccccc1. The lowest BCUT2D eigenvalue weighted by Gasteiger charge is -2.05. The van der Waals surface area contributed by atoms with Crippen molar-refractivity contribution in [1.29, 1.82) is 0 Å².